The zero-order valence-electron chi connectivity index (χ0n) is 12.7. The second kappa shape index (κ2) is 5.71. The molecule has 1 aliphatic carbocycles. The summed E-state index contributed by atoms with van der Waals surface area (Å²) in [5, 5.41) is 5.86. The molecule has 2 aliphatic rings. The zero-order chi connectivity index (χ0) is 14.2. The molecule has 0 spiro atoms. The molecule has 2 unspecified atom stereocenters. The van der Waals surface area contributed by atoms with E-state index < -0.39 is 0 Å². The summed E-state index contributed by atoms with van der Waals surface area (Å²) in [4.78, 5) is 8.59. The second-order valence-electron chi connectivity index (χ2n) is 6.55. The maximum absolute atomic E-state index is 4.77. The molecule has 5 heteroatoms. The van der Waals surface area contributed by atoms with Crippen LogP contribution in [0.15, 0.2) is 17.8 Å². The molecule has 0 bridgehead atoms. The van der Waals surface area contributed by atoms with Gasteiger partial charge in [0.25, 0.3) is 0 Å². The lowest BCUT2D eigenvalue weighted by atomic mass is 10.0. The number of aromatic nitrogens is 2. The van der Waals surface area contributed by atoms with Crippen LogP contribution in [0.25, 0.3) is 4.96 Å². The van der Waals surface area contributed by atoms with Crippen molar-refractivity contribution in [2.45, 2.75) is 51.2 Å². The lowest BCUT2D eigenvalue weighted by Crippen LogP contribution is -2.56. The molecule has 1 N–H and O–H groups in total. The van der Waals surface area contributed by atoms with Gasteiger partial charge in [0.2, 0.25) is 0 Å². The minimum Gasteiger partial charge on any atom is -0.311 e. The van der Waals surface area contributed by atoms with Crippen molar-refractivity contribution >= 4 is 16.3 Å². The summed E-state index contributed by atoms with van der Waals surface area (Å²) in [7, 11) is 0. The Balaban J connectivity index is 1.49. The summed E-state index contributed by atoms with van der Waals surface area (Å²) in [5.74, 6) is 0.920. The van der Waals surface area contributed by atoms with E-state index >= 15 is 0 Å². The third-order valence-corrected chi connectivity index (χ3v) is 5.62. The summed E-state index contributed by atoms with van der Waals surface area (Å²) in [5.41, 5.74) is 1.23. The molecule has 1 saturated heterocycles. The molecule has 1 aliphatic heterocycles. The molecule has 2 aromatic rings. The lowest BCUT2D eigenvalue weighted by Gasteiger charge is -2.40. The van der Waals surface area contributed by atoms with E-state index in [4.69, 9.17) is 4.98 Å². The van der Waals surface area contributed by atoms with Crippen LogP contribution in [0, 0.1) is 5.92 Å². The van der Waals surface area contributed by atoms with Crippen molar-refractivity contribution < 1.29 is 0 Å². The normalized spacial score (nSPS) is 27.5. The SMILES string of the molecule is CCCC1CN(Cc2cn3ccsc3n2)C(C2CC2)CN1. The molecular weight excluding hydrogens is 280 g/mol. The van der Waals surface area contributed by atoms with Gasteiger partial charge in [0.05, 0.1) is 5.69 Å². The number of hydrogen-bond donors (Lipinski definition) is 1. The fraction of sp³-hybridized carbons (Fsp3) is 0.688. The van der Waals surface area contributed by atoms with Crippen LogP contribution in [0.3, 0.4) is 0 Å². The van der Waals surface area contributed by atoms with Crippen LogP contribution in [0.2, 0.25) is 0 Å². The number of thiazole rings is 1. The molecule has 114 valence electrons. The molecule has 2 fully saturated rings. The first-order chi connectivity index (χ1) is 10.3. The zero-order valence-corrected chi connectivity index (χ0v) is 13.5. The third-order valence-electron chi connectivity index (χ3n) is 4.85. The highest BCUT2D eigenvalue weighted by molar-refractivity contribution is 7.15. The number of rotatable bonds is 5. The van der Waals surface area contributed by atoms with Gasteiger partial charge in [-0.25, -0.2) is 4.98 Å². The van der Waals surface area contributed by atoms with Gasteiger partial charge >= 0.3 is 0 Å². The van der Waals surface area contributed by atoms with Gasteiger partial charge in [-0.05, 0) is 25.2 Å². The summed E-state index contributed by atoms with van der Waals surface area (Å²) in [6.07, 6.45) is 9.68. The van der Waals surface area contributed by atoms with Crippen LogP contribution in [-0.4, -0.2) is 39.5 Å². The standard InChI is InChI=1S/C16H24N4S/c1-2-3-13-9-20(15(8-17-13)12-4-5-12)11-14-10-19-6-7-21-16(19)18-14/h6-7,10,12-13,15,17H,2-5,8-9,11H2,1H3. The summed E-state index contributed by atoms with van der Waals surface area (Å²) in [6, 6.07) is 1.38. The van der Waals surface area contributed by atoms with E-state index in [2.05, 4.69) is 39.3 Å². The van der Waals surface area contributed by atoms with E-state index in [1.807, 2.05) is 0 Å². The van der Waals surface area contributed by atoms with E-state index in [9.17, 15) is 0 Å². The second-order valence-corrected chi connectivity index (χ2v) is 7.43. The van der Waals surface area contributed by atoms with E-state index in [1.54, 1.807) is 11.3 Å². The highest BCUT2D eigenvalue weighted by Crippen LogP contribution is 2.37. The minimum atomic E-state index is 0.661. The Morgan fingerprint density at radius 3 is 3.10 bits per heavy atom. The van der Waals surface area contributed by atoms with Gasteiger partial charge in [-0.1, -0.05) is 13.3 Å². The van der Waals surface area contributed by atoms with Crippen molar-refractivity contribution in [3.8, 4) is 0 Å². The fourth-order valence-electron chi connectivity index (χ4n) is 3.63. The molecule has 21 heavy (non-hydrogen) atoms. The summed E-state index contributed by atoms with van der Waals surface area (Å²) >= 11 is 1.72. The molecule has 2 aromatic heterocycles. The maximum atomic E-state index is 4.77. The Labute approximate surface area is 130 Å². The highest BCUT2D eigenvalue weighted by Gasteiger charge is 2.38. The van der Waals surface area contributed by atoms with Gasteiger partial charge in [0.15, 0.2) is 4.96 Å². The molecule has 1 saturated carbocycles. The molecule has 0 aromatic carbocycles. The Kier molecular flexibility index (Phi) is 3.73. The predicted octanol–water partition coefficient (Wildman–Crippen LogP) is 2.75. The van der Waals surface area contributed by atoms with Crippen LogP contribution in [0.4, 0.5) is 0 Å². The third kappa shape index (κ3) is 2.87. The quantitative estimate of drug-likeness (QED) is 0.922. The Hall–Kier alpha value is -0.910. The number of fused-ring (bicyclic) bond motifs is 1. The van der Waals surface area contributed by atoms with Crippen molar-refractivity contribution in [3.05, 3.63) is 23.5 Å². The van der Waals surface area contributed by atoms with Gasteiger partial charge < -0.3 is 5.32 Å². The monoisotopic (exact) mass is 304 g/mol. The number of nitrogens with one attached hydrogen (secondary N) is 1. The van der Waals surface area contributed by atoms with Crippen molar-refractivity contribution in [3.63, 3.8) is 0 Å². The molecule has 3 heterocycles. The van der Waals surface area contributed by atoms with Crippen LogP contribution in [0.5, 0.6) is 0 Å². The Morgan fingerprint density at radius 2 is 2.33 bits per heavy atom. The molecule has 4 rings (SSSR count). The average molecular weight is 304 g/mol. The van der Waals surface area contributed by atoms with Crippen LogP contribution in [0.1, 0.15) is 38.3 Å². The first-order valence-corrected chi connectivity index (χ1v) is 9.10. The van der Waals surface area contributed by atoms with Gasteiger partial charge in [0.1, 0.15) is 0 Å². The summed E-state index contributed by atoms with van der Waals surface area (Å²) < 4.78 is 2.15. The van der Waals surface area contributed by atoms with Gasteiger partial charge in [-0.3, -0.25) is 9.30 Å². The number of piperazine rings is 1. The number of imidazole rings is 1. The Morgan fingerprint density at radius 1 is 1.43 bits per heavy atom. The van der Waals surface area contributed by atoms with Gasteiger partial charge in [0, 0.05) is 49.5 Å². The Bertz CT molecular complexity index is 572. The largest absolute Gasteiger partial charge is 0.311 e. The maximum Gasteiger partial charge on any atom is 0.193 e. The predicted molar refractivity (Wildman–Crippen MR) is 86.7 cm³/mol. The molecule has 0 amide bonds. The molecule has 4 nitrogen and oxygen atoms in total. The van der Waals surface area contributed by atoms with Crippen molar-refractivity contribution in [2.24, 2.45) is 5.92 Å². The number of hydrogen-bond acceptors (Lipinski definition) is 4. The number of nitrogens with zero attached hydrogens (tertiary/aromatic N) is 3. The smallest absolute Gasteiger partial charge is 0.193 e. The minimum absolute atomic E-state index is 0.661. The van der Waals surface area contributed by atoms with Crippen molar-refractivity contribution in [1.82, 2.24) is 19.6 Å². The van der Waals surface area contributed by atoms with Crippen molar-refractivity contribution in [2.75, 3.05) is 13.1 Å². The highest BCUT2D eigenvalue weighted by atomic mass is 32.1. The van der Waals surface area contributed by atoms with Gasteiger partial charge in [-0.15, -0.1) is 11.3 Å². The first kappa shape index (κ1) is 13.7. The van der Waals surface area contributed by atoms with Crippen LogP contribution < -0.4 is 5.32 Å². The van der Waals surface area contributed by atoms with Crippen LogP contribution in [-0.2, 0) is 6.54 Å². The first-order valence-electron chi connectivity index (χ1n) is 8.22. The van der Waals surface area contributed by atoms with E-state index in [0.717, 1.165) is 30.0 Å². The summed E-state index contributed by atoms with van der Waals surface area (Å²) in [6.45, 7) is 5.64. The van der Waals surface area contributed by atoms with E-state index in [-0.39, 0.29) is 0 Å². The average Bonchev–Trinajstić information content (AvgIpc) is 3.10. The molecule has 2 atom stereocenters. The molecular formula is C16H24N4S. The van der Waals surface area contributed by atoms with E-state index in [0.29, 0.717) is 6.04 Å². The lowest BCUT2D eigenvalue weighted by molar-refractivity contribution is 0.103. The van der Waals surface area contributed by atoms with Crippen LogP contribution >= 0.6 is 11.3 Å². The topological polar surface area (TPSA) is 32.6 Å². The van der Waals surface area contributed by atoms with E-state index in [1.165, 1.54) is 37.9 Å². The fourth-order valence-corrected chi connectivity index (χ4v) is 4.35. The van der Waals surface area contributed by atoms with Crippen molar-refractivity contribution in [1.29, 1.82) is 0 Å². The van der Waals surface area contributed by atoms with Gasteiger partial charge in [-0.2, -0.15) is 0 Å². The molecule has 0 radical (unpaired) electrons.